The Kier molecular flexibility index (Phi) is 12.3. The molecular formula is C27H40Cl2N2O4. The van der Waals surface area contributed by atoms with Gasteiger partial charge in [-0.3, -0.25) is 4.90 Å². The Bertz CT molecular complexity index is 897. The Morgan fingerprint density at radius 1 is 0.829 bits per heavy atom. The van der Waals surface area contributed by atoms with Gasteiger partial charge in [-0.1, -0.05) is 0 Å². The van der Waals surface area contributed by atoms with Gasteiger partial charge in [0.1, 0.15) is 11.5 Å². The van der Waals surface area contributed by atoms with E-state index in [2.05, 4.69) is 21.9 Å². The monoisotopic (exact) mass is 526 g/mol. The molecular weight excluding hydrogens is 487 g/mol. The first-order chi connectivity index (χ1) is 16.2. The second kappa shape index (κ2) is 14.6. The number of halogens is 2. The highest BCUT2D eigenvalue weighted by Crippen LogP contribution is 2.33. The summed E-state index contributed by atoms with van der Waals surface area (Å²) in [5, 5.41) is 0. The maximum atomic E-state index is 5.90. The zero-order chi connectivity index (χ0) is 23.0. The van der Waals surface area contributed by atoms with Crippen molar-refractivity contribution in [3.8, 4) is 23.0 Å². The van der Waals surface area contributed by atoms with Gasteiger partial charge in [-0.2, -0.15) is 0 Å². The van der Waals surface area contributed by atoms with Gasteiger partial charge in [-0.15, -0.1) is 24.8 Å². The van der Waals surface area contributed by atoms with Crippen LogP contribution < -0.4 is 18.9 Å². The second-order valence-electron chi connectivity index (χ2n) is 9.15. The van der Waals surface area contributed by atoms with Gasteiger partial charge in [0.2, 0.25) is 0 Å². The zero-order valence-electron chi connectivity index (χ0n) is 21.2. The summed E-state index contributed by atoms with van der Waals surface area (Å²) in [7, 11) is 5.10. The summed E-state index contributed by atoms with van der Waals surface area (Å²) < 4.78 is 22.1. The lowest BCUT2D eigenvalue weighted by molar-refractivity contribution is 0.121. The fourth-order valence-electron chi connectivity index (χ4n) is 5.12. The Hall–Kier alpha value is -1.86. The van der Waals surface area contributed by atoms with Gasteiger partial charge in [-0.05, 0) is 85.7 Å². The number of hydrogen-bond acceptors (Lipinski definition) is 6. The number of rotatable bonds is 10. The first kappa shape index (κ1) is 29.4. The van der Waals surface area contributed by atoms with Crippen LogP contribution in [0.2, 0.25) is 0 Å². The fraction of sp³-hybridized carbons (Fsp3) is 0.556. The third-order valence-electron chi connectivity index (χ3n) is 6.86. The molecule has 0 spiro atoms. The van der Waals surface area contributed by atoms with Crippen molar-refractivity contribution in [2.45, 2.75) is 32.2 Å². The molecule has 0 bridgehead atoms. The largest absolute Gasteiger partial charge is 0.497 e. The molecule has 0 amide bonds. The summed E-state index contributed by atoms with van der Waals surface area (Å²) in [5.74, 6) is 4.18. The van der Waals surface area contributed by atoms with Crippen LogP contribution in [0.1, 0.15) is 30.4 Å². The van der Waals surface area contributed by atoms with Crippen molar-refractivity contribution in [2.75, 3.05) is 60.7 Å². The predicted molar refractivity (Wildman–Crippen MR) is 145 cm³/mol. The third kappa shape index (κ3) is 8.07. The highest BCUT2D eigenvalue weighted by atomic mass is 35.5. The fourth-order valence-corrected chi connectivity index (χ4v) is 5.12. The minimum Gasteiger partial charge on any atom is -0.497 e. The molecule has 2 aliphatic rings. The van der Waals surface area contributed by atoms with Gasteiger partial charge < -0.3 is 23.8 Å². The van der Waals surface area contributed by atoms with Gasteiger partial charge in [-0.25, -0.2) is 0 Å². The Morgan fingerprint density at radius 3 is 2.20 bits per heavy atom. The van der Waals surface area contributed by atoms with Crippen LogP contribution in [0.4, 0.5) is 0 Å². The second-order valence-corrected chi connectivity index (χ2v) is 9.15. The topological polar surface area (TPSA) is 43.4 Å². The molecule has 8 heteroatoms. The number of methoxy groups -OCH3 is 3. The van der Waals surface area contributed by atoms with Gasteiger partial charge >= 0.3 is 0 Å². The third-order valence-corrected chi connectivity index (χ3v) is 6.86. The highest BCUT2D eigenvalue weighted by Gasteiger charge is 2.25. The highest BCUT2D eigenvalue weighted by molar-refractivity contribution is 5.85. The maximum absolute atomic E-state index is 5.90. The molecule has 2 aromatic rings. The summed E-state index contributed by atoms with van der Waals surface area (Å²) in [6.45, 7) is 7.55. The van der Waals surface area contributed by atoms with Crippen molar-refractivity contribution in [3.05, 3.63) is 47.5 Å². The van der Waals surface area contributed by atoms with E-state index in [0.29, 0.717) is 0 Å². The molecule has 0 radical (unpaired) electrons. The van der Waals surface area contributed by atoms with Crippen LogP contribution in [0, 0.1) is 5.92 Å². The number of ether oxygens (including phenoxy) is 4. The Labute approximate surface area is 222 Å². The average molecular weight is 528 g/mol. The van der Waals surface area contributed by atoms with Crippen LogP contribution in [0.5, 0.6) is 23.0 Å². The van der Waals surface area contributed by atoms with Crippen molar-refractivity contribution < 1.29 is 18.9 Å². The summed E-state index contributed by atoms with van der Waals surface area (Å²) in [4.78, 5) is 5.24. The van der Waals surface area contributed by atoms with E-state index in [4.69, 9.17) is 18.9 Å². The van der Waals surface area contributed by atoms with E-state index in [1.54, 1.807) is 21.3 Å². The van der Waals surface area contributed by atoms with Crippen molar-refractivity contribution in [1.82, 2.24) is 9.80 Å². The minimum atomic E-state index is 0. The van der Waals surface area contributed by atoms with Crippen LogP contribution >= 0.6 is 24.8 Å². The van der Waals surface area contributed by atoms with Crippen molar-refractivity contribution in [3.63, 3.8) is 0 Å². The molecule has 2 aromatic carbocycles. The lowest BCUT2D eigenvalue weighted by atomic mass is 9.94. The molecule has 4 rings (SSSR count). The molecule has 1 saturated heterocycles. The van der Waals surface area contributed by atoms with Gasteiger partial charge in [0.25, 0.3) is 0 Å². The van der Waals surface area contributed by atoms with Gasteiger partial charge in [0.05, 0.1) is 27.9 Å². The van der Waals surface area contributed by atoms with Crippen LogP contribution in [-0.2, 0) is 13.0 Å². The average Bonchev–Trinajstić information content (AvgIpc) is 2.86. The first-order valence-corrected chi connectivity index (χ1v) is 12.1. The molecule has 0 saturated carbocycles. The Morgan fingerprint density at radius 2 is 1.51 bits per heavy atom. The van der Waals surface area contributed by atoms with Gasteiger partial charge in [0.15, 0.2) is 11.5 Å². The lowest BCUT2D eigenvalue weighted by Crippen LogP contribution is -2.42. The first-order valence-electron chi connectivity index (χ1n) is 12.1. The Balaban J connectivity index is 0.00000216. The number of benzene rings is 2. The summed E-state index contributed by atoms with van der Waals surface area (Å²) in [5.41, 5.74) is 2.77. The number of piperidine rings is 1. The number of likely N-dealkylation sites (tertiary alicyclic amines) is 1. The molecule has 0 aliphatic carbocycles. The van der Waals surface area contributed by atoms with E-state index in [1.807, 2.05) is 24.3 Å². The standard InChI is InChI=1S/C27H38N2O4.2ClH/c1-30-24-7-9-25(10-8-24)33-15-5-13-28-12-4-6-21(18-28)19-29-14-11-22-16-26(31-2)27(32-3)17-23(22)20-29;;/h7-10,16-17,21H,4-6,11-15,18-20H2,1-3H3;2*1H. The molecule has 1 unspecified atom stereocenters. The number of fused-ring (bicyclic) bond motifs is 1. The van der Waals surface area contributed by atoms with E-state index < -0.39 is 0 Å². The molecule has 6 nitrogen and oxygen atoms in total. The van der Waals surface area contributed by atoms with Crippen LogP contribution in [0.3, 0.4) is 0 Å². The van der Waals surface area contributed by atoms with E-state index in [1.165, 1.54) is 43.6 Å². The number of hydrogen-bond donors (Lipinski definition) is 0. The maximum Gasteiger partial charge on any atom is 0.161 e. The van der Waals surface area contributed by atoms with Crippen molar-refractivity contribution >= 4 is 24.8 Å². The van der Waals surface area contributed by atoms with E-state index in [0.717, 1.165) is 68.0 Å². The van der Waals surface area contributed by atoms with Crippen LogP contribution in [0.25, 0.3) is 0 Å². The lowest BCUT2D eigenvalue weighted by Gasteiger charge is -2.37. The van der Waals surface area contributed by atoms with E-state index >= 15 is 0 Å². The van der Waals surface area contributed by atoms with Crippen molar-refractivity contribution in [1.29, 1.82) is 0 Å². The predicted octanol–water partition coefficient (Wildman–Crippen LogP) is 5.10. The van der Waals surface area contributed by atoms with Crippen LogP contribution in [-0.4, -0.2) is 70.5 Å². The zero-order valence-corrected chi connectivity index (χ0v) is 22.8. The molecule has 2 heterocycles. The molecule has 196 valence electrons. The van der Waals surface area contributed by atoms with E-state index in [-0.39, 0.29) is 24.8 Å². The minimum absolute atomic E-state index is 0. The molecule has 1 fully saturated rings. The SMILES string of the molecule is COc1ccc(OCCCN2CCCC(CN3CCc4cc(OC)c(OC)cc4C3)C2)cc1.Cl.Cl. The van der Waals surface area contributed by atoms with E-state index in [9.17, 15) is 0 Å². The quantitative estimate of drug-likeness (QED) is 0.401. The molecule has 2 aliphatic heterocycles. The normalized spacial score (nSPS) is 18.0. The smallest absolute Gasteiger partial charge is 0.161 e. The summed E-state index contributed by atoms with van der Waals surface area (Å²) >= 11 is 0. The summed E-state index contributed by atoms with van der Waals surface area (Å²) in [6.07, 6.45) is 4.75. The number of nitrogens with zero attached hydrogens (tertiary/aromatic N) is 2. The van der Waals surface area contributed by atoms with Crippen LogP contribution in [0.15, 0.2) is 36.4 Å². The van der Waals surface area contributed by atoms with Crippen molar-refractivity contribution in [2.24, 2.45) is 5.92 Å². The molecule has 0 aromatic heterocycles. The summed E-state index contributed by atoms with van der Waals surface area (Å²) in [6, 6.07) is 12.1. The molecule has 35 heavy (non-hydrogen) atoms. The molecule has 0 N–H and O–H groups in total. The molecule has 1 atom stereocenters. The van der Waals surface area contributed by atoms with Gasteiger partial charge in [0, 0.05) is 32.7 Å².